The van der Waals surface area contributed by atoms with Crippen LogP contribution in [0.15, 0.2) is 59.0 Å². The van der Waals surface area contributed by atoms with Crippen LogP contribution in [0.5, 0.6) is 0 Å². The lowest BCUT2D eigenvalue weighted by Crippen LogP contribution is -2.27. The zero-order valence-corrected chi connectivity index (χ0v) is 13.9. The van der Waals surface area contributed by atoms with Gasteiger partial charge in [0.2, 0.25) is 5.91 Å². The second-order valence-electron chi connectivity index (χ2n) is 6.04. The van der Waals surface area contributed by atoms with E-state index in [-0.39, 0.29) is 5.91 Å². The number of oxazole rings is 1. The van der Waals surface area contributed by atoms with Crippen molar-refractivity contribution in [2.45, 2.75) is 32.1 Å². The molecule has 0 radical (unpaired) electrons. The maximum Gasteiger partial charge on any atom is 0.220 e. The molecule has 0 aliphatic carbocycles. The fourth-order valence-corrected chi connectivity index (χ4v) is 2.68. The van der Waals surface area contributed by atoms with Crippen LogP contribution in [0.1, 0.15) is 37.1 Å². The Morgan fingerprint density at radius 2 is 1.88 bits per heavy atom. The first-order valence-electron chi connectivity index (χ1n) is 8.38. The summed E-state index contributed by atoms with van der Waals surface area (Å²) in [5.74, 6) is 1.09. The normalized spacial score (nSPS) is 12.2. The topological polar surface area (TPSA) is 55.1 Å². The van der Waals surface area contributed by atoms with Crippen molar-refractivity contribution >= 4 is 17.0 Å². The van der Waals surface area contributed by atoms with Gasteiger partial charge >= 0.3 is 0 Å². The molecule has 1 amide bonds. The summed E-state index contributed by atoms with van der Waals surface area (Å²) in [4.78, 5) is 16.4. The smallest absolute Gasteiger partial charge is 0.220 e. The molecule has 3 aromatic rings. The molecule has 4 nitrogen and oxygen atoms in total. The number of aryl methyl sites for hydroxylation is 1. The van der Waals surface area contributed by atoms with Crippen molar-refractivity contribution in [1.29, 1.82) is 0 Å². The molecule has 1 heterocycles. The molecular weight excluding hydrogens is 300 g/mol. The van der Waals surface area contributed by atoms with Crippen LogP contribution in [0.4, 0.5) is 0 Å². The molecule has 3 rings (SSSR count). The Balaban J connectivity index is 1.41. The zero-order chi connectivity index (χ0) is 16.8. The number of amides is 1. The Kier molecular flexibility index (Phi) is 5.26. The van der Waals surface area contributed by atoms with E-state index in [4.69, 9.17) is 4.42 Å². The summed E-state index contributed by atoms with van der Waals surface area (Å²) in [5.41, 5.74) is 2.91. The van der Waals surface area contributed by atoms with E-state index in [1.54, 1.807) is 0 Å². The zero-order valence-electron chi connectivity index (χ0n) is 13.9. The maximum absolute atomic E-state index is 12.0. The minimum absolute atomic E-state index is 0.0777. The number of benzene rings is 2. The third-order valence-electron chi connectivity index (χ3n) is 4.11. The van der Waals surface area contributed by atoms with Crippen molar-refractivity contribution in [3.63, 3.8) is 0 Å². The third kappa shape index (κ3) is 4.22. The SMILES string of the molecule is C[C@@H](CNC(=O)CCCc1nc2ccccc2o1)c1ccccc1. The lowest BCUT2D eigenvalue weighted by molar-refractivity contribution is -0.121. The Labute approximate surface area is 141 Å². The fourth-order valence-electron chi connectivity index (χ4n) is 2.68. The van der Waals surface area contributed by atoms with Crippen LogP contribution in [0.3, 0.4) is 0 Å². The molecule has 4 heteroatoms. The van der Waals surface area contributed by atoms with Crippen molar-refractivity contribution in [2.24, 2.45) is 0 Å². The minimum Gasteiger partial charge on any atom is -0.441 e. The molecule has 124 valence electrons. The summed E-state index contributed by atoms with van der Waals surface area (Å²) in [5, 5.41) is 3.00. The Morgan fingerprint density at radius 1 is 1.12 bits per heavy atom. The summed E-state index contributed by atoms with van der Waals surface area (Å²) in [6.45, 7) is 2.78. The van der Waals surface area contributed by atoms with Crippen LogP contribution < -0.4 is 5.32 Å². The molecule has 1 N–H and O–H groups in total. The highest BCUT2D eigenvalue weighted by Crippen LogP contribution is 2.16. The van der Waals surface area contributed by atoms with Crippen molar-refractivity contribution in [1.82, 2.24) is 10.3 Å². The van der Waals surface area contributed by atoms with Gasteiger partial charge in [-0.15, -0.1) is 0 Å². The van der Waals surface area contributed by atoms with Gasteiger partial charge in [-0.1, -0.05) is 49.4 Å². The van der Waals surface area contributed by atoms with Gasteiger partial charge in [-0.05, 0) is 30.0 Å². The molecule has 0 aliphatic rings. The number of fused-ring (bicyclic) bond motifs is 1. The van der Waals surface area contributed by atoms with Gasteiger partial charge in [0.1, 0.15) is 5.52 Å². The molecule has 24 heavy (non-hydrogen) atoms. The number of nitrogens with one attached hydrogen (secondary N) is 1. The summed E-state index contributed by atoms with van der Waals surface area (Å²) in [6, 6.07) is 17.9. The van der Waals surface area contributed by atoms with Gasteiger partial charge in [0.15, 0.2) is 11.5 Å². The quantitative estimate of drug-likeness (QED) is 0.713. The molecule has 2 aromatic carbocycles. The summed E-state index contributed by atoms with van der Waals surface area (Å²) < 4.78 is 5.66. The lowest BCUT2D eigenvalue weighted by atomic mass is 10.0. The van der Waals surface area contributed by atoms with Gasteiger partial charge < -0.3 is 9.73 Å². The van der Waals surface area contributed by atoms with Crippen LogP contribution in [-0.4, -0.2) is 17.4 Å². The van der Waals surface area contributed by atoms with Crippen LogP contribution in [0.25, 0.3) is 11.1 Å². The van der Waals surface area contributed by atoms with E-state index in [1.807, 2.05) is 42.5 Å². The van der Waals surface area contributed by atoms with Crippen molar-refractivity contribution in [3.8, 4) is 0 Å². The number of hydrogen-bond donors (Lipinski definition) is 1. The molecule has 0 unspecified atom stereocenters. The molecule has 0 spiro atoms. The van der Waals surface area contributed by atoms with E-state index in [2.05, 4.69) is 29.4 Å². The third-order valence-corrected chi connectivity index (χ3v) is 4.11. The first-order chi connectivity index (χ1) is 11.7. The van der Waals surface area contributed by atoms with E-state index >= 15 is 0 Å². The molecule has 0 saturated heterocycles. The lowest BCUT2D eigenvalue weighted by Gasteiger charge is -2.12. The first-order valence-corrected chi connectivity index (χ1v) is 8.38. The molecule has 1 aromatic heterocycles. The van der Waals surface area contributed by atoms with Gasteiger partial charge in [-0.3, -0.25) is 4.79 Å². The van der Waals surface area contributed by atoms with Gasteiger partial charge in [-0.25, -0.2) is 4.98 Å². The van der Waals surface area contributed by atoms with Crippen LogP contribution in [-0.2, 0) is 11.2 Å². The van der Waals surface area contributed by atoms with E-state index < -0.39 is 0 Å². The summed E-state index contributed by atoms with van der Waals surface area (Å²) in [6.07, 6.45) is 1.90. The van der Waals surface area contributed by atoms with Gasteiger partial charge in [0.05, 0.1) is 0 Å². The average Bonchev–Trinajstić information content (AvgIpc) is 3.03. The van der Waals surface area contributed by atoms with Crippen molar-refractivity contribution in [3.05, 3.63) is 66.1 Å². The highest BCUT2D eigenvalue weighted by Gasteiger charge is 2.09. The fraction of sp³-hybridized carbons (Fsp3) is 0.300. The Hall–Kier alpha value is -2.62. The Bertz CT molecular complexity index is 763. The minimum atomic E-state index is 0.0777. The average molecular weight is 322 g/mol. The van der Waals surface area contributed by atoms with Crippen LogP contribution in [0, 0.1) is 0 Å². The predicted molar refractivity (Wildman–Crippen MR) is 94.8 cm³/mol. The second kappa shape index (κ2) is 7.77. The summed E-state index contributed by atoms with van der Waals surface area (Å²) >= 11 is 0. The molecule has 1 atom stereocenters. The van der Waals surface area contributed by atoms with Gasteiger partial charge in [0.25, 0.3) is 0 Å². The molecule has 0 saturated carbocycles. The number of carbonyl (C=O) groups is 1. The van der Waals surface area contributed by atoms with Crippen molar-refractivity contribution in [2.75, 3.05) is 6.54 Å². The number of carbonyl (C=O) groups excluding carboxylic acids is 1. The van der Waals surface area contributed by atoms with Gasteiger partial charge in [-0.2, -0.15) is 0 Å². The number of hydrogen-bond acceptors (Lipinski definition) is 3. The standard InChI is InChI=1S/C20H22N2O2/c1-15(16-8-3-2-4-9-16)14-21-19(23)12-7-13-20-22-17-10-5-6-11-18(17)24-20/h2-6,8-11,15H,7,12-14H2,1H3,(H,21,23)/t15-/m0/s1. The van der Waals surface area contributed by atoms with E-state index in [1.165, 1.54) is 5.56 Å². The monoisotopic (exact) mass is 322 g/mol. The van der Waals surface area contributed by atoms with E-state index in [0.717, 1.165) is 17.5 Å². The van der Waals surface area contributed by atoms with Crippen LogP contribution >= 0.6 is 0 Å². The number of nitrogens with zero attached hydrogens (tertiary/aromatic N) is 1. The maximum atomic E-state index is 12.0. The molecule has 0 bridgehead atoms. The largest absolute Gasteiger partial charge is 0.441 e. The highest BCUT2D eigenvalue weighted by molar-refractivity contribution is 5.76. The molecule has 0 fully saturated rings. The van der Waals surface area contributed by atoms with Crippen LogP contribution in [0.2, 0.25) is 0 Å². The highest BCUT2D eigenvalue weighted by atomic mass is 16.3. The molecule has 0 aliphatic heterocycles. The predicted octanol–water partition coefficient (Wildman–Crippen LogP) is 4.07. The first kappa shape index (κ1) is 16.2. The summed E-state index contributed by atoms with van der Waals surface area (Å²) in [7, 11) is 0. The number of para-hydroxylation sites is 2. The number of aromatic nitrogens is 1. The Morgan fingerprint density at radius 3 is 2.67 bits per heavy atom. The molecular formula is C20H22N2O2. The van der Waals surface area contributed by atoms with Gasteiger partial charge in [0, 0.05) is 19.4 Å². The number of rotatable bonds is 7. The second-order valence-corrected chi connectivity index (χ2v) is 6.04. The van der Waals surface area contributed by atoms with Crippen molar-refractivity contribution < 1.29 is 9.21 Å². The van der Waals surface area contributed by atoms with E-state index in [0.29, 0.717) is 31.2 Å². The van der Waals surface area contributed by atoms with E-state index in [9.17, 15) is 4.79 Å².